The van der Waals surface area contributed by atoms with Crippen LogP contribution in [0.5, 0.6) is 5.75 Å². The van der Waals surface area contributed by atoms with E-state index in [-0.39, 0.29) is 30.4 Å². The van der Waals surface area contributed by atoms with Crippen LogP contribution in [0, 0.1) is 0 Å². The van der Waals surface area contributed by atoms with Gasteiger partial charge in [-0.2, -0.15) is 13.2 Å². The van der Waals surface area contributed by atoms with E-state index in [4.69, 9.17) is 4.74 Å². The third kappa shape index (κ3) is 5.50. The maximum absolute atomic E-state index is 13.4. The molecule has 128 valence electrons. The van der Waals surface area contributed by atoms with Gasteiger partial charge in [-0.1, -0.05) is 12.1 Å². The minimum Gasteiger partial charge on any atom is -0.494 e. The lowest BCUT2D eigenvalue weighted by Gasteiger charge is -2.36. The fourth-order valence-corrected chi connectivity index (χ4v) is 2.49. The van der Waals surface area contributed by atoms with Crippen LogP contribution < -0.4 is 10.1 Å². The number of nitrogens with one attached hydrogen (secondary N) is 1. The Morgan fingerprint density at radius 1 is 1.23 bits per heavy atom. The van der Waals surface area contributed by atoms with E-state index in [0.29, 0.717) is 38.5 Å². The van der Waals surface area contributed by atoms with Gasteiger partial charge in [0.25, 0.3) is 0 Å². The molecule has 1 N–H and O–H groups in total. The van der Waals surface area contributed by atoms with Crippen LogP contribution in [0.1, 0.15) is 18.5 Å². The monoisotopic (exact) mass is 360 g/mol. The molecule has 0 bridgehead atoms. The Labute approximate surface area is 141 Å². The van der Waals surface area contributed by atoms with E-state index in [1.165, 1.54) is 17.0 Å². The average molecular weight is 361 g/mol. The SMILES string of the molecule is CCOc1cccc([C@@H](N2CCNCC2)C(F)(F)F)c1.Cl.Cl. The number of hydrogen-bond acceptors (Lipinski definition) is 3. The van der Waals surface area contributed by atoms with Gasteiger partial charge in [0.2, 0.25) is 0 Å². The highest BCUT2D eigenvalue weighted by atomic mass is 35.5. The van der Waals surface area contributed by atoms with Gasteiger partial charge in [0.1, 0.15) is 11.8 Å². The number of alkyl halides is 3. The maximum atomic E-state index is 13.4. The summed E-state index contributed by atoms with van der Waals surface area (Å²) in [4.78, 5) is 1.47. The summed E-state index contributed by atoms with van der Waals surface area (Å²) < 4.78 is 45.5. The number of nitrogens with zero attached hydrogens (tertiary/aromatic N) is 1. The van der Waals surface area contributed by atoms with Crippen LogP contribution in [0.15, 0.2) is 24.3 Å². The van der Waals surface area contributed by atoms with Crippen LogP contribution in [-0.2, 0) is 0 Å². The highest BCUT2D eigenvalue weighted by molar-refractivity contribution is 5.85. The molecule has 3 nitrogen and oxygen atoms in total. The van der Waals surface area contributed by atoms with Crippen molar-refractivity contribution in [3.8, 4) is 5.75 Å². The van der Waals surface area contributed by atoms with Crippen molar-refractivity contribution in [3.05, 3.63) is 29.8 Å². The number of ether oxygens (including phenoxy) is 1. The van der Waals surface area contributed by atoms with Crippen molar-refractivity contribution in [2.24, 2.45) is 0 Å². The quantitative estimate of drug-likeness (QED) is 0.889. The van der Waals surface area contributed by atoms with Crippen LogP contribution in [-0.4, -0.2) is 43.9 Å². The number of piperazine rings is 1. The molecule has 1 aliphatic heterocycles. The van der Waals surface area contributed by atoms with E-state index in [1.54, 1.807) is 12.1 Å². The molecule has 0 saturated carbocycles. The van der Waals surface area contributed by atoms with Gasteiger partial charge in [-0.25, -0.2) is 0 Å². The van der Waals surface area contributed by atoms with Crippen molar-refractivity contribution in [1.82, 2.24) is 10.2 Å². The summed E-state index contributed by atoms with van der Waals surface area (Å²) >= 11 is 0. The molecule has 1 aromatic carbocycles. The molecule has 0 spiro atoms. The second-order valence-corrected chi connectivity index (χ2v) is 4.74. The van der Waals surface area contributed by atoms with Crippen molar-refractivity contribution in [2.45, 2.75) is 19.1 Å². The first-order chi connectivity index (χ1) is 9.52. The normalized spacial score (nSPS) is 17.1. The van der Waals surface area contributed by atoms with Crippen molar-refractivity contribution in [3.63, 3.8) is 0 Å². The number of benzene rings is 1. The Morgan fingerprint density at radius 2 is 1.86 bits per heavy atom. The molecule has 0 aliphatic carbocycles. The van der Waals surface area contributed by atoms with Crippen LogP contribution in [0.4, 0.5) is 13.2 Å². The highest BCUT2D eigenvalue weighted by Crippen LogP contribution is 2.38. The fraction of sp³-hybridized carbons (Fsp3) is 0.571. The summed E-state index contributed by atoms with van der Waals surface area (Å²) in [6.45, 7) is 4.19. The lowest BCUT2D eigenvalue weighted by atomic mass is 10.0. The molecule has 1 aromatic rings. The predicted octanol–water partition coefficient (Wildman–Crippen LogP) is 3.44. The largest absolute Gasteiger partial charge is 0.494 e. The van der Waals surface area contributed by atoms with Crippen molar-refractivity contribution >= 4 is 24.8 Å². The Kier molecular flexibility index (Phi) is 9.15. The summed E-state index contributed by atoms with van der Waals surface area (Å²) in [5.74, 6) is 0.481. The first-order valence-corrected chi connectivity index (χ1v) is 6.76. The van der Waals surface area contributed by atoms with Gasteiger partial charge in [0.15, 0.2) is 0 Å². The number of halogens is 5. The molecule has 1 heterocycles. The highest BCUT2D eigenvalue weighted by Gasteiger charge is 2.44. The van der Waals surface area contributed by atoms with Crippen LogP contribution in [0.25, 0.3) is 0 Å². The maximum Gasteiger partial charge on any atom is 0.408 e. The lowest BCUT2D eigenvalue weighted by Crippen LogP contribution is -2.49. The van der Waals surface area contributed by atoms with E-state index >= 15 is 0 Å². The first kappa shape index (κ1) is 21.3. The van der Waals surface area contributed by atoms with Gasteiger partial charge in [-0.3, -0.25) is 4.90 Å². The van der Waals surface area contributed by atoms with Gasteiger partial charge < -0.3 is 10.1 Å². The summed E-state index contributed by atoms with van der Waals surface area (Å²) in [7, 11) is 0. The van der Waals surface area contributed by atoms with E-state index in [9.17, 15) is 13.2 Å². The zero-order valence-corrected chi connectivity index (χ0v) is 13.9. The van der Waals surface area contributed by atoms with Gasteiger partial charge >= 0.3 is 6.18 Å². The topological polar surface area (TPSA) is 24.5 Å². The third-order valence-corrected chi connectivity index (χ3v) is 3.31. The Bertz CT molecular complexity index is 440. The van der Waals surface area contributed by atoms with Gasteiger partial charge in [0, 0.05) is 26.2 Å². The van der Waals surface area contributed by atoms with Crippen molar-refractivity contribution in [1.29, 1.82) is 0 Å². The van der Waals surface area contributed by atoms with Crippen molar-refractivity contribution in [2.75, 3.05) is 32.8 Å². The van der Waals surface area contributed by atoms with E-state index in [2.05, 4.69) is 5.32 Å². The van der Waals surface area contributed by atoms with Crippen LogP contribution >= 0.6 is 24.8 Å². The predicted molar refractivity (Wildman–Crippen MR) is 85.3 cm³/mol. The Hall–Kier alpha value is -0.690. The number of hydrogen-bond donors (Lipinski definition) is 1. The molecular weight excluding hydrogens is 340 g/mol. The number of rotatable bonds is 4. The molecule has 1 fully saturated rings. The minimum absolute atomic E-state index is 0. The second-order valence-electron chi connectivity index (χ2n) is 4.74. The van der Waals surface area contributed by atoms with Gasteiger partial charge in [-0.15, -0.1) is 24.8 Å². The van der Waals surface area contributed by atoms with E-state index in [0.717, 1.165) is 0 Å². The fourth-order valence-electron chi connectivity index (χ4n) is 2.49. The molecule has 0 aromatic heterocycles. The zero-order chi connectivity index (χ0) is 14.6. The summed E-state index contributed by atoms with van der Waals surface area (Å²) in [5.41, 5.74) is 0.241. The Balaban J connectivity index is 0.00000220. The smallest absolute Gasteiger partial charge is 0.408 e. The lowest BCUT2D eigenvalue weighted by molar-refractivity contribution is -0.187. The molecule has 1 aliphatic rings. The molecule has 1 atom stereocenters. The molecule has 2 rings (SSSR count). The summed E-state index contributed by atoms with van der Waals surface area (Å²) in [5, 5.41) is 3.07. The molecule has 0 amide bonds. The van der Waals surface area contributed by atoms with Crippen LogP contribution in [0.3, 0.4) is 0 Å². The molecule has 1 saturated heterocycles. The van der Waals surface area contributed by atoms with E-state index < -0.39 is 12.2 Å². The van der Waals surface area contributed by atoms with Crippen molar-refractivity contribution < 1.29 is 17.9 Å². The first-order valence-electron chi connectivity index (χ1n) is 6.76. The summed E-state index contributed by atoms with van der Waals surface area (Å²) in [6.07, 6.45) is -4.29. The second kappa shape index (κ2) is 9.45. The molecule has 0 unspecified atom stereocenters. The average Bonchev–Trinajstić information content (AvgIpc) is 2.39. The van der Waals surface area contributed by atoms with Crippen LogP contribution in [0.2, 0.25) is 0 Å². The van der Waals surface area contributed by atoms with Gasteiger partial charge in [-0.05, 0) is 24.6 Å². The standard InChI is InChI=1S/C14H19F3N2O.2ClH/c1-2-20-12-5-3-4-11(10-12)13(14(15,16)17)19-8-6-18-7-9-19;;/h3-5,10,13,18H,2,6-9H2,1H3;2*1H/t13-;;/m1../s1. The third-order valence-electron chi connectivity index (χ3n) is 3.31. The molecule has 8 heteroatoms. The summed E-state index contributed by atoms with van der Waals surface area (Å²) in [6, 6.07) is 4.73. The molecule has 22 heavy (non-hydrogen) atoms. The van der Waals surface area contributed by atoms with E-state index in [1.807, 2.05) is 6.92 Å². The molecule has 0 radical (unpaired) electrons. The Morgan fingerprint density at radius 3 is 2.41 bits per heavy atom. The zero-order valence-electron chi connectivity index (χ0n) is 12.2. The molecular formula is C14H21Cl2F3N2O. The minimum atomic E-state index is -4.29. The van der Waals surface area contributed by atoms with Gasteiger partial charge in [0.05, 0.1) is 6.61 Å².